The molecule has 1 aliphatic carbocycles. The molecule has 0 saturated heterocycles. The van der Waals surface area contributed by atoms with Crippen molar-refractivity contribution in [2.24, 2.45) is 5.73 Å². The van der Waals surface area contributed by atoms with Gasteiger partial charge in [0.1, 0.15) is 0 Å². The molecule has 19 heavy (non-hydrogen) atoms. The second-order valence-corrected chi connectivity index (χ2v) is 5.41. The molecule has 1 saturated carbocycles. The Hall–Kier alpha value is -1.10. The Morgan fingerprint density at radius 3 is 2.32 bits per heavy atom. The first-order valence-electron chi connectivity index (χ1n) is 7.34. The lowest BCUT2D eigenvalue weighted by molar-refractivity contribution is -0.130. The van der Waals surface area contributed by atoms with Gasteiger partial charge in [-0.05, 0) is 26.7 Å². The predicted molar refractivity (Wildman–Crippen MR) is 75.6 cm³/mol. The topological polar surface area (TPSA) is 75.4 Å². The minimum Gasteiger partial charge on any atom is -0.356 e. The molecule has 2 amide bonds. The smallest absolute Gasteiger partial charge is 0.224 e. The molecule has 110 valence electrons. The second-order valence-electron chi connectivity index (χ2n) is 5.41. The summed E-state index contributed by atoms with van der Waals surface area (Å²) in [7, 11) is 0. The van der Waals surface area contributed by atoms with Gasteiger partial charge in [-0.1, -0.05) is 12.8 Å². The number of nitrogens with zero attached hydrogens (tertiary/aromatic N) is 1. The van der Waals surface area contributed by atoms with Crippen LogP contribution in [0.25, 0.3) is 0 Å². The van der Waals surface area contributed by atoms with Crippen LogP contribution in [0.2, 0.25) is 0 Å². The minimum atomic E-state index is -0.313. The van der Waals surface area contributed by atoms with E-state index in [0.717, 1.165) is 38.8 Å². The van der Waals surface area contributed by atoms with Crippen LogP contribution in [0.3, 0.4) is 0 Å². The van der Waals surface area contributed by atoms with Crippen molar-refractivity contribution in [2.75, 3.05) is 19.6 Å². The number of amides is 2. The van der Waals surface area contributed by atoms with Crippen LogP contribution in [0.15, 0.2) is 0 Å². The summed E-state index contributed by atoms with van der Waals surface area (Å²) in [6.07, 6.45) is 4.84. The first kappa shape index (κ1) is 16.0. The molecule has 0 atom stereocenters. The average Bonchev–Trinajstić information content (AvgIpc) is 2.77. The molecule has 0 aromatic carbocycles. The van der Waals surface area contributed by atoms with Crippen molar-refractivity contribution in [1.29, 1.82) is 0 Å². The Balaban J connectivity index is 2.21. The summed E-state index contributed by atoms with van der Waals surface area (Å²) in [5.41, 5.74) is 5.83. The van der Waals surface area contributed by atoms with Crippen LogP contribution in [0.4, 0.5) is 0 Å². The van der Waals surface area contributed by atoms with Gasteiger partial charge in [-0.15, -0.1) is 0 Å². The Bertz CT molecular complexity index is 308. The lowest BCUT2D eigenvalue weighted by Crippen LogP contribution is -2.42. The largest absolute Gasteiger partial charge is 0.356 e. The molecule has 0 bridgehead atoms. The molecule has 1 fully saturated rings. The SMILES string of the molecule is CCN(CC)C(=O)CCNC(=O)CC1(N)CCCC1. The van der Waals surface area contributed by atoms with Gasteiger partial charge in [-0.3, -0.25) is 9.59 Å². The van der Waals surface area contributed by atoms with Crippen molar-refractivity contribution < 1.29 is 9.59 Å². The third-order valence-corrected chi connectivity index (χ3v) is 3.89. The number of carbonyl (C=O) groups excluding carboxylic acids is 2. The molecule has 0 heterocycles. The van der Waals surface area contributed by atoms with Crippen LogP contribution >= 0.6 is 0 Å². The highest BCUT2D eigenvalue weighted by Crippen LogP contribution is 2.29. The number of nitrogens with one attached hydrogen (secondary N) is 1. The van der Waals surface area contributed by atoms with Crippen molar-refractivity contribution in [1.82, 2.24) is 10.2 Å². The lowest BCUT2D eigenvalue weighted by Gasteiger charge is -2.23. The first-order chi connectivity index (χ1) is 9.00. The molecule has 1 aliphatic rings. The van der Waals surface area contributed by atoms with E-state index in [9.17, 15) is 9.59 Å². The second kappa shape index (κ2) is 7.48. The molecular weight excluding hydrogens is 242 g/mol. The van der Waals surface area contributed by atoms with Gasteiger partial charge in [-0.2, -0.15) is 0 Å². The normalized spacial score (nSPS) is 17.2. The minimum absolute atomic E-state index is 0.0308. The van der Waals surface area contributed by atoms with Crippen molar-refractivity contribution in [2.45, 2.75) is 57.9 Å². The summed E-state index contributed by atoms with van der Waals surface area (Å²) in [4.78, 5) is 25.3. The Labute approximate surface area is 115 Å². The molecular formula is C14H27N3O2. The predicted octanol–water partition coefficient (Wildman–Crippen LogP) is 1.02. The molecule has 0 aromatic heterocycles. The van der Waals surface area contributed by atoms with E-state index in [1.54, 1.807) is 4.90 Å². The number of carbonyl (C=O) groups is 2. The summed E-state index contributed by atoms with van der Waals surface area (Å²) >= 11 is 0. The monoisotopic (exact) mass is 269 g/mol. The standard InChI is InChI=1S/C14H27N3O2/c1-3-17(4-2)13(19)7-10-16-12(18)11-14(15)8-5-6-9-14/h3-11,15H2,1-2H3,(H,16,18). The zero-order valence-corrected chi connectivity index (χ0v) is 12.2. The van der Waals surface area contributed by atoms with E-state index in [1.807, 2.05) is 13.8 Å². The summed E-state index contributed by atoms with van der Waals surface area (Å²) in [6.45, 7) is 5.76. The summed E-state index contributed by atoms with van der Waals surface area (Å²) in [5, 5.41) is 2.80. The van der Waals surface area contributed by atoms with Crippen LogP contribution in [0, 0.1) is 0 Å². The fourth-order valence-corrected chi connectivity index (χ4v) is 2.68. The zero-order chi connectivity index (χ0) is 14.3. The Morgan fingerprint density at radius 2 is 1.79 bits per heavy atom. The summed E-state index contributed by atoms with van der Waals surface area (Å²) < 4.78 is 0. The fourth-order valence-electron chi connectivity index (χ4n) is 2.68. The number of rotatable bonds is 7. The van der Waals surface area contributed by atoms with Gasteiger partial charge in [0.2, 0.25) is 11.8 Å². The number of nitrogens with two attached hydrogens (primary N) is 1. The maximum absolute atomic E-state index is 11.8. The molecule has 0 aliphatic heterocycles. The highest BCUT2D eigenvalue weighted by molar-refractivity contribution is 5.79. The third-order valence-electron chi connectivity index (χ3n) is 3.89. The van der Waals surface area contributed by atoms with Crippen LogP contribution < -0.4 is 11.1 Å². The zero-order valence-electron chi connectivity index (χ0n) is 12.2. The van der Waals surface area contributed by atoms with E-state index in [-0.39, 0.29) is 17.4 Å². The average molecular weight is 269 g/mol. The van der Waals surface area contributed by atoms with Crippen molar-refractivity contribution in [3.63, 3.8) is 0 Å². The van der Waals surface area contributed by atoms with Gasteiger partial charge >= 0.3 is 0 Å². The van der Waals surface area contributed by atoms with Gasteiger partial charge in [0.15, 0.2) is 0 Å². The molecule has 5 heteroatoms. The van der Waals surface area contributed by atoms with Crippen LogP contribution in [0.1, 0.15) is 52.4 Å². The van der Waals surface area contributed by atoms with Crippen LogP contribution in [-0.4, -0.2) is 41.9 Å². The molecule has 0 unspecified atom stereocenters. The van der Waals surface area contributed by atoms with Crippen LogP contribution in [-0.2, 0) is 9.59 Å². The first-order valence-corrected chi connectivity index (χ1v) is 7.34. The number of hydrogen-bond acceptors (Lipinski definition) is 3. The van der Waals surface area contributed by atoms with Gasteiger partial charge < -0.3 is 16.0 Å². The van der Waals surface area contributed by atoms with Crippen molar-refractivity contribution in [3.05, 3.63) is 0 Å². The van der Waals surface area contributed by atoms with Gasteiger partial charge in [0, 0.05) is 38.0 Å². The van der Waals surface area contributed by atoms with E-state index in [0.29, 0.717) is 19.4 Å². The van der Waals surface area contributed by atoms with Crippen molar-refractivity contribution in [3.8, 4) is 0 Å². The maximum atomic E-state index is 11.8. The van der Waals surface area contributed by atoms with E-state index < -0.39 is 0 Å². The molecule has 5 nitrogen and oxygen atoms in total. The quantitative estimate of drug-likeness (QED) is 0.724. The van der Waals surface area contributed by atoms with Gasteiger partial charge in [0.05, 0.1) is 0 Å². The molecule has 0 spiro atoms. The van der Waals surface area contributed by atoms with Gasteiger partial charge in [0.25, 0.3) is 0 Å². The fraction of sp³-hybridized carbons (Fsp3) is 0.857. The highest BCUT2D eigenvalue weighted by Gasteiger charge is 2.31. The Kier molecular flexibility index (Phi) is 6.28. The highest BCUT2D eigenvalue weighted by atomic mass is 16.2. The molecule has 3 N–H and O–H groups in total. The van der Waals surface area contributed by atoms with Crippen LogP contribution in [0.5, 0.6) is 0 Å². The Morgan fingerprint density at radius 1 is 1.21 bits per heavy atom. The van der Waals surface area contributed by atoms with Crippen molar-refractivity contribution >= 4 is 11.8 Å². The van der Waals surface area contributed by atoms with E-state index in [2.05, 4.69) is 5.32 Å². The van der Waals surface area contributed by atoms with Gasteiger partial charge in [-0.25, -0.2) is 0 Å². The lowest BCUT2D eigenvalue weighted by atomic mass is 9.94. The summed E-state index contributed by atoms with van der Waals surface area (Å²) in [6, 6.07) is 0. The van der Waals surface area contributed by atoms with E-state index >= 15 is 0 Å². The van der Waals surface area contributed by atoms with E-state index in [4.69, 9.17) is 5.73 Å². The number of hydrogen-bond donors (Lipinski definition) is 2. The molecule has 0 radical (unpaired) electrons. The summed E-state index contributed by atoms with van der Waals surface area (Å²) in [5.74, 6) is 0.0605. The van der Waals surface area contributed by atoms with E-state index in [1.165, 1.54) is 0 Å². The third kappa shape index (κ3) is 5.19. The molecule has 0 aromatic rings. The molecule has 1 rings (SSSR count). The maximum Gasteiger partial charge on any atom is 0.224 e.